The molecule has 0 aromatic rings. The summed E-state index contributed by atoms with van der Waals surface area (Å²) >= 11 is 0. The third-order valence-corrected chi connectivity index (χ3v) is 4.51. The molecule has 1 heterocycles. The van der Waals surface area contributed by atoms with Gasteiger partial charge in [-0.2, -0.15) is 0 Å². The zero-order valence-corrected chi connectivity index (χ0v) is 14.6. The molecule has 0 aliphatic carbocycles. The number of nitrogens with one attached hydrogen (secondary N) is 1. The number of hydrogen-bond donors (Lipinski definition) is 1. The highest BCUT2D eigenvalue weighted by molar-refractivity contribution is 4.84. The predicted molar refractivity (Wildman–Crippen MR) is 90.2 cm³/mol. The normalized spacial score (nSPS) is 24.8. The van der Waals surface area contributed by atoms with E-state index in [4.69, 9.17) is 0 Å². The lowest BCUT2D eigenvalue weighted by Gasteiger charge is -2.39. The zero-order chi connectivity index (χ0) is 15.0. The first-order valence-electron chi connectivity index (χ1n) is 8.96. The fourth-order valence-corrected chi connectivity index (χ4v) is 3.25. The van der Waals surface area contributed by atoms with Crippen LogP contribution in [-0.4, -0.2) is 36.6 Å². The summed E-state index contributed by atoms with van der Waals surface area (Å²) in [7, 11) is 0. The molecule has 1 aliphatic rings. The molecule has 2 nitrogen and oxygen atoms in total. The molecule has 0 spiro atoms. The van der Waals surface area contributed by atoms with Gasteiger partial charge in [0.1, 0.15) is 0 Å². The Balaban J connectivity index is 2.14. The van der Waals surface area contributed by atoms with Gasteiger partial charge in [0.25, 0.3) is 0 Å². The Hall–Kier alpha value is -0.0800. The van der Waals surface area contributed by atoms with Crippen molar-refractivity contribution in [2.45, 2.75) is 85.2 Å². The van der Waals surface area contributed by atoms with Gasteiger partial charge in [-0.05, 0) is 38.1 Å². The number of nitrogens with zero attached hydrogens (tertiary/aromatic N) is 1. The molecule has 0 radical (unpaired) electrons. The summed E-state index contributed by atoms with van der Waals surface area (Å²) in [4.78, 5) is 2.71. The van der Waals surface area contributed by atoms with E-state index in [1.807, 2.05) is 0 Å². The summed E-state index contributed by atoms with van der Waals surface area (Å²) < 4.78 is 0. The quantitative estimate of drug-likeness (QED) is 0.634. The minimum atomic E-state index is 0.715. The second-order valence-corrected chi connectivity index (χ2v) is 7.68. The Kier molecular flexibility index (Phi) is 8.79. The minimum Gasteiger partial charge on any atom is -0.311 e. The van der Waals surface area contributed by atoms with Crippen molar-refractivity contribution in [3.8, 4) is 0 Å². The summed E-state index contributed by atoms with van der Waals surface area (Å²) in [5.74, 6) is 1.68. The molecular weight excluding hydrogens is 244 g/mol. The molecule has 120 valence electrons. The Morgan fingerprint density at radius 2 is 1.70 bits per heavy atom. The van der Waals surface area contributed by atoms with Crippen molar-refractivity contribution in [2.24, 2.45) is 11.8 Å². The average Bonchev–Trinajstić information content (AvgIpc) is 2.36. The first kappa shape index (κ1) is 18.0. The second-order valence-electron chi connectivity index (χ2n) is 7.68. The molecule has 0 bridgehead atoms. The summed E-state index contributed by atoms with van der Waals surface area (Å²) in [5, 5.41) is 3.71. The van der Waals surface area contributed by atoms with Gasteiger partial charge in [-0.15, -0.1) is 0 Å². The van der Waals surface area contributed by atoms with Gasteiger partial charge in [0.05, 0.1) is 0 Å². The fraction of sp³-hybridized carbons (Fsp3) is 1.00. The van der Waals surface area contributed by atoms with Crippen molar-refractivity contribution < 1.29 is 0 Å². The summed E-state index contributed by atoms with van der Waals surface area (Å²) in [6, 6.07) is 1.43. The Bertz CT molecular complexity index is 238. The van der Waals surface area contributed by atoms with Crippen LogP contribution in [0.15, 0.2) is 0 Å². The van der Waals surface area contributed by atoms with Gasteiger partial charge in [0, 0.05) is 25.2 Å². The summed E-state index contributed by atoms with van der Waals surface area (Å²) in [5.41, 5.74) is 0. The fourth-order valence-electron chi connectivity index (χ4n) is 3.25. The number of unbranched alkanes of at least 4 members (excludes halogenated alkanes) is 3. The van der Waals surface area contributed by atoms with E-state index in [0.29, 0.717) is 12.1 Å². The lowest BCUT2D eigenvalue weighted by molar-refractivity contribution is 0.129. The maximum atomic E-state index is 3.71. The Morgan fingerprint density at radius 1 is 1.00 bits per heavy atom. The van der Waals surface area contributed by atoms with Gasteiger partial charge in [0.2, 0.25) is 0 Å². The maximum Gasteiger partial charge on any atom is 0.0198 e. The van der Waals surface area contributed by atoms with E-state index < -0.39 is 0 Å². The van der Waals surface area contributed by atoms with Crippen molar-refractivity contribution in [1.29, 1.82) is 0 Å². The van der Waals surface area contributed by atoms with Gasteiger partial charge in [-0.3, -0.25) is 4.90 Å². The second kappa shape index (κ2) is 9.78. The molecule has 2 atom stereocenters. The molecule has 0 amide bonds. The number of piperazine rings is 1. The van der Waals surface area contributed by atoms with Gasteiger partial charge in [-0.1, -0.05) is 53.4 Å². The van der Waals surface area contributed by atoms with Crippen molar-refractivity contribution >= 4 is 0 Å². The van der Waals surface area contributed by atoms with Crippen molar-refractivity contribution in [3.05, 3.63) is 0 Å². The Morgan fingerprint density at radius 3 is 2.35 bits per heavy atom. The van der Waals surface area contributed by atoms with E-state index in [1.165, 1.54) is 58.2 Å². The van der Waals surface area contributed by atoms with Gasteiger partial charge in [-0.25, -0.2) is 0 Å². The van der Waals surface area contributed by atoms with E-state index in [1.54, 1.807) is 0 Å². The van der Waals surface area contributed by atoms with Gasteiger partial charge < -0.3 is 5.32 Å². The van der Waals surface area contributed by atoms with Crippen LogP contribution in [0.3, 0.4) is 0 Å². The number of hydrogen-bond acceptors (Lipinski definition) is 2. The number of rotatable bonds is 9. The molecule has 0 aromatic heterocycles. The molecule has 2 heteroatoms. The maximum absolute atomic E-state index is 3.71. The van der Waals surface area contributed by atoms with Crippen LogP contribution >= 0.6 is 0 Å². The van der Waals surface area contributed by atoms with Crippen LogP contribution < -0.4 is 5.32 Å². The van der Waals surface area contributed by atoms with E-state index >= 15 is 0 Å². The molecule has 1 N–H and O–H groups in total. The highest BCUT2D eigenvalue weighted by Gasteiger charge is 2.24. The summed E-state index contributed by atoms with van der Waals surface area (Å²) in [6.07, 6.45) is 8.37. The molecule has 2 unspecified atom stereocenters. The van der Waals surface area contributed by atoms with E-state index in [9.17, 15) is 0 Å². The van der Waals surface area contributed by atoms with Crippen LogP contribution in [-0.2, 0) is 0 Å². The van der Waals surface area contributed by atoms with Crippen molar-refractivity contribution in [3.63, 3.8) is 0 Å². The third-order valence-electron chi connectivity index (χ3n) is 4.51. The van der Waals surface area contributed by atoms with Crippen LogP contribution in [0.1, 0.15) is 73.1 Å². The molecule has 1 fully saturated rings. The van der Waals surface area contributed by atoms with Crippen LogP contribution in [0.25, 0.3) is 0 Å². The molecule has 0 saturated carbocycles. The minimum absolute atomic E-state index is 0.715. The SMILES string of the molecule is CC(C)CCCCCCN1CC(CC(C)C)NCC1C. The lowest BCUT2D eigenvalue weighted by atomic mass is 9.99. The van der Waals surface area contributed by atoms with Gasteiger partial charge in [0.15, 0.2) is 0 Å². The van der Waals surface area contributed by atoms with Crippen LogP contribution in [0.5, 0.6) is 0 Å². The van der Waals surface area contributed by atoms with Crippen LogP contribution in [0.2, 0.25) is 0 Å². The molecule has 20 heavy (non-hydrogen) atoms. The van der Waals surface area contributed by atoms with E-state index in [-0.39, 0.29) is 0 Å². The third kappa shape index (κ3) is 7.64. The zero-order valence-electron chi connectivity index (χ0n) is 14.6. The summed E-state index contributed by atoms with van der Waals surface area (Å²) in [6.45, 7) is 15.4. The topological polar surface area (TPSA) is 15.3 Å². The molecule has 0 aromatic carbocycles. The van der Waals surface area contributed by atoms with E-state index in [0.717, 1.165) is 11.8 Å². The average molecular weight is 283 g/mol. The molecule has 1 saturated heterocycles. The molecular formula is C18H38N2. The van der Waals surface area contributed by atoms with E-state index in [2.05, 4.69) is 44.8 Å². The Labute approximate surface area is 127 Å². The standard InChI is InChI=1S/C18H38N2/c1-15(2)10-8-6-7-9-11-20-14-18(12-16(3)4)19-13-17(20)5/h15-19H,6-14H2,1-5H3. The van der Waals surface area contributed by atoms with Crippen molar-refractivity contribution in [1.82, 2.24) is 10.2 Å². The monoisotopic (exact) mass is 282 g/mol. The lowest BCUT2D eigenvalue weighted by Crippen LogP contribution is -2.55. The highest BCUT2D eigenvalue weighted by Crippen LogP contribution is 2.15. The largest absolute Gasteiger partial charge is 0.311 e. The first-order valence-corrected chi connectivity index (χ1v) is 8.96. The molecule has 1 aliphatic heterocycles. The molecule has 1 rings (SSSR count). The van der Waals surface area contributed by atoms with Crippen LogP contribution in [0.4, 0.5) is 0 Å². The first-order chi connectivity index (χ1) is 9.49. The van der Waals surface area contributed by atoms with Gasteiger partial charge >= 0.3 is 0 Å². The predicted octanol–water partition coefficient (Wildman–Crippen LogP) is 4.30. The van der Waals surface area contributed by atoms with Crippen molar-refractivity contribution in [2.75, 3.05) is 19.6 Å². The smallest absolute Gasteiger partial charge is 0.0198 e. The highest BCUT2D eigenvalue weighted by atomic mass is 15.2. The van der Waals surface area contributed by atoms with Crippen LogP contribution in [0, 0.1) is 11.8 Å².